The van der Waals surface area contributed by atoms with Gasteiger partial charge in [-0.2, -0.15) is 0 Å². The van der Waals surface area contributed by atoms with E-state index in [0.717, 1.165) is 12.8 Å². The van der Waals surface area contributed by atoms with E-state index >= 15 is 0 Å². The number of nitrogens with one attached hydrogen (secondary N) is 1. The third kappa shape index (κ3) is 5.59. The zero-order valence-corrected chi connectivity index (χ0v) is 13.4. The van der Waals surface area contributed by atoms with Gasteiger partial charge in [0.25, 0.3) is 5.91 Å². The van der Waals surface area contributed by atoms with Crippen molar-refractivity contribution >= 4 is 34.8 Å². The van der Waals surface area contributed by atoms with Gasteiger partial charge >= 0.3 is 0 Å². The largest absolute Gasteiger partial charge is 0.398 e. The summed E-state index contributed by atoms with van der Waals surface area (Å²) in [6, 6.07) is 3.06. The monoisotopic (exact) mass is 316 g/mol. The number of carbonyl (C=O) groups excluding carboxylic acids is 1. The predicted octanol–water partition coefficient (Wildman–Crippen LogP) is 4.67. The lowest BCUT2D eigenvalue weighted by atomic mass is 10.1. The molecule has 0 heterocycles. The van der Waals surface area contributed by atoms with Crippen molar-refractivity contribution in [3.63, 3.8) is 0 Å². The number of rotatable bonds is 8. The summed E-state index contributed by atoms with van der Waals surface area (Å²) in [4.78, 5) is 12.0. The highest BCUT2D eigenvalue weighted by Gasteiger charge is 2.14. The van der Waals surface area contributed by atoms with E-state index < -0.39 is 0 Å². The summed E-state index contributed by atoms with van der Waals surface area (Å²) in [5, 5.41) is 3.56. The van der Waals surface area contributed by atoms with Crippen LogP contribution in [0.3, 0.4) is 0 Å². The highest BCUT2D eigenvalue weighted by molar-refractivity contribution is 6.37. The SMILES string of the molecule is CCCCCCCCNC(=O)c1c(N)cc(Cl)cc1Cl. The number of unbranched alkanes of at least 4 members (excludes halogenated alkanes) is 5. The van der Waals surface area contributed by atoms with Crippen LogP contribution in [0.2, 0.25) is 10.0 Å². The first kappa shape index (κ1) is 17.1. The van der Waals surface area contributed by atoms with E-state index in [1.165, 1.54) is 37.8 Å². The van der Waals surface area contributed by atoms with Crippen molar-refractivity contribution in [3.05, 3.63) is 27.7 Å². The van der Waals surface area contributed by atoms with Gasteiger partial charge in [-0.15, -0.1) is 0 Å². The molecule has 3 nitrogen and oxygen atoms in total. The number of amides is 1. The van der Waals surface area contributed by atoms with Gasteiger partial charge in [0, 0.05) is 17.3 Å². The summed E-state index contributed by atoms with van der Waals surface area (Å²) in [7, 11) is 0. The van der Waals surface area contributed by atoms with Gasteiger partial charge in [-0.3, -0.25) is 4.79 Å². The van der Waals surface area contributed by atoms with Crippen molar-refractivity contribution in [3.8, 4) is 0 Å². The molecule has 0 aromatic heterocycles. The van der Waals surface area contributed by atoms with Crippen LogP contribution in [0, 0.1) is 0 Å². The maximum absolute atomic E-state index is 12.0. The summed E-state index contributed by atoms with van der Waals surface area (Å²) < 4.78 is 0. The Morgan fingerprint density at radius 2 is 1.80 bits per heavy atom. The first-order chi connectivity index (χ1) is 9.56. The van der Waals surface area contributed by atoms with Crippen LogP contribution in [0.5, 0.6) is 0 Å². The zero-order chi connectivity index (χ0) is 15.0. The summed E-state index contributed by atoms with van der Waals surface area (Å²) >= 11 is 11.8. The molecule has 0 atom stereocenters. The Kier molecular flexibility index (Phi) is 7.78. The lowest BCUT2D eigenvalue weighted by Crippen LogP contribution is -2.25. The molecule has 3 N–H and O–H groups in total. The van der Waals surface area contributed by atoms with Crippen molar-refractivity contribution in [1.29, 1.82) is 0 Å². The minimum atomic E-state index is -0.238. The van der Waals surface area contributed by atoms with Crippen molar-refractivity contribution in [2.24, 2.45) is 0 Å². The molecular weight excluding hydrogens is 295 g/mol. The van der Waals surface area contributed by atoms with Crippen molar-refractivity contribution in [1.82, 2.24) is 5.32 Å². The molecule has 1 rings (SSSR count). The van der Waals surface area contributed by atoms with E-state index in [-0.39, 0.29) is 10.9 Å². The Balaban J connectivity index is 2.37. The Morgan fingerprint density at radius 3 is 2.45 bits per heavy atom. The minimum absolute atomic E-state index is 0.238. The summed E-state index contributed by atoms with van der Waals surface area (Å²) in [6.45, 7) is 2.84. The molecule has 112 valence electrons. The van der Waals surface area contributed by atoms with Gasteiger partial charge in [0.2, 0.25) is 0 Å². The molecule has 0 saturated heterocycles. The topological polar surface area (TPSA) is 55.1 Å². The average Bonchev–Trinajstić information content (AvgIpc) is 2.36. The molecule has 20 heavy (non-hydrogen) atoms. The van der Waals surface area contributed by atoms with E-state index in [1.54, 1.807) is 0 Å². The van der Waals surface area contributed by atoms with Gasteiger partial charge in [0.05, 0.1) is 10.6 Å². The quantitative estimate of drug-likeness (QED) is 0.541. The number of anilines is 1. The van der Waals surface area contributed by atoms with Crippen LogP contribution in [0.15, 0.2) is 12.1 Å². The summed E-state index contributed by atoms with van der Waals surface area (Å²) in [5.41, 5.74) is 6.39. The van der Waals surface area contributed by atoms with Crippen LogP contribution in [0.4, 0.5) is 5.69 Å². The first-order valence-corrected chi connectivity index (χ1v) is 7.84. The molecule has 1 aromatic carbocycles. The first-order valence-electron chi connectivity index (χ1n) is 7.09. The molecule has 5 heteroatoms. The number of hydrogen-bond donors (Lipinski definition) is 2. The van der Waals surface area contributed by atoms with Crippen molar-refractivity contribution in [2.75, 3.05) is 12.3 Å². The number of nitrogen functional groups attached to an aromatic ring is 1. The molecular formula is C15H22Cl2N2O. The summed E-state index contributed by atoms with van der Waals surface area (Å²) in [6.07, 6.45) is 7.10. The van der Waals surface area contributed by atoms with Crippen LogP contribution in [-0.2, 0) is 0 Å². The van der Waals surface area contributed by atoms with Gasteiger partial charge in [0.1, 0.15) is 0 Å². The Morgan fingerprint density at radius 1 is 1.15 bits per heavy atom. The molecule has 0 aliphatic carbocycles. The van der Waals surface area contributed by atoms with Crippen LogP contribution in [-0.4, -0.2) is 12.5 Å². The zero-order valence-electron chi connectivity index (χ0n) is 11.8. The number of hydrogen-bond acceptors (Lipinski definition) is 2. The maximum Gasteiger partial charge on any atom is 0.254 e. The maximum atomic E-state index is 12.0. The molecule has 1 amide bonds. The van der Waals surface area contributed by atoms with Crippen LogP contribution in [0.25, 0.3) is 0 Å². The molecule has 0 saturated carbocycles. The number of halogens is 2. The van der Waals surface area contributed by atoms with Crippen molar-refractivity contribution < 1.29 is 4.79 Å². The lowest BCUT2D eigenvalue weighted by Gasteiger charge is -2.09. The number of nitrogens with two attached hydrogens (primary N) is 1. The summed E-state index contributed by atoms with van der Waals surface area (Å²) in [5.74, 6) is -0.238. The Bertz CT molecular complexity index is 426. The Hall–Kier alpha value is -0.930. The molecule has 0 aliphatic rings. The van der Waals surface area contributed by atoms with Crippen LogP contribution in [0.1, 0.15) is 55.8 Å². The minimum Gasteiger partial charge on any atom is -0.398 e. The third-order valence-corrected chi connectivity index (χ3v) is 3.64. The second kappa shape index (κ2) is 9.09. The highest BCUT2D eigenvalue weighted by Crippen LogP contribution is 2.27. The Labute approximate surface area is 130 Å². The fraction of sp³-hybridized carbons (Fsp3) is 0.533. The third-order valence-electron chi connectivity index (χ3n) is 3.13. The van der Waals surface area contributed by atoms with E-state index in [0.29, 0.717) is 22.8 Å². The number of benzene rings is 1. The van der Waals surface area contributed by atoms with Gasteiger partial charge in [0.15, 0.2) is 0 Å². The molecule has 0 bridgehead atoms. The molecule has 0 aliphatic heterocycles. The second-order valence-electron chi connectivity index (χ2n) is 4.88. The lowest BCUT2D eigenvalue weighted by molar-refractivity contribution is 0.0954. The second-order valence-corrected chi connectivity index (χ2v) is 5.72. The average molecular weight is 317 g/mol. The molecule has 0 spiro atoms. The fourth-order valence-electron chi connectivity index (χ4n) is 2.03. The van der Waals surface area contributed by atoms with E-state index in [4.69, 9.17) is 28.9 Å². The normalized spacial score (nSPS) is 10.6. The number of carbonyl (C=O) groups is 1. The van der Waals surface area contributed by atoms with Gasteiger partial charge in [-0.1, -0.05) is 62.2 Å². The van der Waals surface area contributed by atoms with Crippen molar-refractivity contribution in [2.45, 2.75) is 45.4 Å². The van der Waals surface area contributed by atoms with E-state index in [1.807, 2.05) is 0 Å². The van der Waals surface area contributed by atoms with Gasteiger partial charge < -0.3 is 11.1 Å². The van der Waals surface area contributed by atoms with Crippen LogP contribution >= 0.6 is 23.2 Å². The van der Waals surface area contributed by atoms with Gasteiger partial charge in [-0.05, 0) is 18.6 Å². The molecule has 0 unspecified atom stereocenters. The smallest absolute Gasteiger partial charge is 0.254 e. The molecule has 0 radical (unpaired) electrons. The highest BCUT2D eigenvalue weighted by atomic mass is 35.5. The van der Waals surface area contributed by atoms with Gasteiger partial charge in [-0.25, -0.2) is 0 Å². The molecule has 0 fully saturated rings. The van der Waals surface area contributed by atoms with E-state index in [2.05, 4.69) is 12.2 Å². The van der Waals surface area contributed by atoms with Crippen LogP contribution < -0.4 is 11.1 Å². The van der Waals surface area contributed by atoms with E-state index in [9.17, 15) is 4.79 Å². The predicted molar refractivity (Wildman–Crippen MR) is 86.6 cm³/mol. The molecule has 1 aromatic rings. The fourth-order valence-corrected chi connectivity index (χ4v) is 2.62. The standard InChI is InChI=1S/C15H22Cl2N2O/c1-2-3-4-5-6-7-8-19-15(20)14-12(17)9-11(16)10-13(14)18/h9-10H,2-8,18H2,1H3,(H,19,20).